The van der Waals surface area contributed by atoms with Crippen LogP contribution in [0, 0.1) is 6.92 Å². The summed E-state index contributed by atoms with van der Waals surface area (Å²) in [5.74, 6) is -0.498. The highest BCUT2D eigenvalue weighted by Gasteiger charge is 2.11. The lowest BCUT2D eigenvalue weighted by molar-refractivity contribution is -0.116. The Morgan fingerprint density at radius 3 is 2.57 bits per heavy atom. The first-order chi connectivity index (χ1) is 11.0. The highest BCUT2D eigenvalue weighted by Crippen LogP contribution is 2.24. The SMILES string of the molecule is Cc1ccc(NC(=O)c2cccc(Cl)c2)c(NC(=O)CCN)c1. The van der Waals surface area contributed by atoms with Crippen LogP contribution in [0.1, 0.15) is 22.3 Å². The number of nitrogens with one attached hydrogen (secondary N) is 2. The molecular weight excluding hydrogens is 314 g/mol. The van der Waals surface area contributed by atoms with E-state index in [0.717, 1.165) is 5.56 Å². The van der Waals surface area contributed by atoms with Crippen molar-refractivity contribution in [3.8, 4) is 0 Å². The third-order valence-electron chi connectivity index (χ3n) is 3.16. The van der Waals surface area contributed by atoms with Crippen LogP contribution in [-0.4, -0.2) is 18.4 Å². The number of aryl methyl sites for hydroxylation is 1. The summed E-state index contributed by atoms with van der Waals surface area (Å²) in [5.41, 5.74) is 7.85. The third-order valence-corrected chi connectivity index (χ3v) is 3.39. The topological polar surface area (TPSA) is 84.2 Å². The molecule has 0 atom stereocenters. The van der Waals surface area contributed by atoms with Crippen molar-refractivity contribution >= 4 is 34.8 Å². The predicted molar refractivity (Wildman–Crippen MR) is 92.9 cm³/mol. The molecule has 2 aromatic carbocycles. The van der Waals surface area contributed by atoms with Crippen molar-refractivity contribution in [3.05, 3.63) is 58.6 Å². The summed E-state index contributed by atoms with van der Waals surface area (Å²) >= 11 is 5.90. The quantitative estimate of drug-likeness (QED) is 0.786. The number of amides is 2. The number of hydrogen-bond donors (Lipinski definition) is 3. The van der Waals surface area contributed by atoms with Gasteiger partial charge in [-0.1, -0.05) is 23.7 Å². The Hall–Kier alpha value is -2.37. The molecule has 5 nitrogen and oxygen atoms in total. The molecule has 0 fully saturated rings. The summed E-state index contributed by atoms with van der Waals surface area (Å²) in [5, 5.41) is 6.03. The van der Waals surface area contributed by atoms with Gasteiger partial charge < -0.3 is 16.4 Å². The molecule has 0 bridgehead atoms. The number of halogens is 1. The van der Waals surface area contributed by atoms with Crippen molar-refractivity contribution in [2.24, 2.45) is 5.73 Å². The Labute approximate surface area is 139 Å². The minimum atomic E-state index is -0.300. The van der Waals surface area contributed by atoms with Gasteiger partial charge >= 0.3 is 0 Å². The van der Waals surface area contributed by atoms with Gasteiger partial charge in [-0.05, 0) is 42.8 Å². The maximum absolute atomic E-state index is 12.3. The first-order valence-electron chi connectivity index (χ1n) is 7.17. The molecule has 0 heterocycles. The lowest BCUT2D eigenvalue weighted by Gasteiger charge is -2.13. The summed E-state index contributed by atoms with van der Waals surface area (Å²) in [4.78, 5) is 24.1. The number of nitrogens with two attached hydrogens (primary N) is 1. The second kappa shape index (κ2) is 7.76. The van der Waals surface area contributed by atoms with Crippen LogP contribution in [0.4, 0.5) is 11.4 Å². The van der Waals surface area contributed by atoms with Crippen molar-refractivity contribution in [1.29, 1.82) is 0 Å². The maximum atomic E-state index is 12.3. The van der Waals surface area contributed by atoms with E-state index in [1.54, 1.807) is 36.4 Å². The van der Waals surface area contributed by atoms with Gasteiger partial charge in [0.1, 0.15) is 0 Å². The normalized spacial score (nSPS) is 10.2. The number of rotatable bonds is 5. The highest BCUT2D eigenvalue weighted by molar-refractivity contribution is 6.31. The van der Waals surface area contributed by atoms with Gasteiger partial charge in [0.2, 0.25) is 5.91 Å². The first kappa shape index (κ1) is 17.0. The van der Waals surface area contributed by atoms with E-state index in [1.807, 2.05) is 13.0 Å². The van der Waals surface area contributed by atoms with Gasteiger partial charge in [-0.3, -0.25) is 9.59 Å². The second-order valence-corrected chi connectivity index (χ2v) is 5.54. The third kappa shape index (κ3) is 4.81. The van der Waals surface area contributed by atoms with E-state index in [4.69, 9.17) is 17.3 Å². The van der Waals surface area contributed by atoms with Crippen molar-refractivity contribution in [3.63, 3.8) is 0 Å². The Bertz CT molecular complexity index is 732. The fraction of sp³-hybridized carbons (Fsp3) is 0.176. The van der Waals surface area contributed by atoms with E-state index < -0.39 is 0 Å². The molecule has 0 aliphatic heterocycles. The van der Waals surface area contributed by atoms with E-state index in [1.165, 1.54) is 0 Å². The molecule has 0 unspecified atom stereocenters. The molecule has 0 aliphatic carbocycles. The molecule has 23 heavy (non-hydrogen) atoms. The monoisotopic (exact) mass is 331 g/mol. The zero-order valence-electron chi connectivity index (χ0n) is 12.7. The molecular formula is C17H18ClN3O2. The maximum Gasteiger partial charge on any atom is 0.255 e. The molecule has 2 aromatic rings. The molecule has 6 heteroatoms. The fourth-order valence-corrected chi connectivity index (χ4v) is 2.23. The van der Waals surface area contributed by atoms with Gasteiger partial charge in [-0.2, -0.15) is 0 Å². The van der Waals surface area contributed by atoms with Crippen molar-refractivity contribution < 1.29 is 9.59 Å². The highest BCUT2D eigenvalue weighted by atomic mass is 35.5. The van der Waals surface area contributed by atoms with E-state index in [2.05, 4.69) is 10.6 Å². The predicted octanol–water partition coefficient (Wildman–Crippen LogP) is 3.19. The molecule has 0 radical (unpaired) electrons. The van der Waals surface area contributed by atoms with E-state index in [9.17, 15) is 9.59 Å². The van der Waals surface area contributed by atoms with Crippen molar-refractivity contribution in [1.82, 2.24) is 0 Å². The van der Waals surface area contributed by atoms with Crippen LogP contribution in [0.15, 0.2) is 42.5 Å². The molecule has 2 rings (SSSR count). The van der Waals surface area contributed by atoms with Crippen LogP contribution in [-0.2, 0) is 4.79 Å². The minimum absolute atomic E-state index is 0.198. The van der Waals surface area contributed by atoms with Gasteiger partial charge in [0, 0.05) is 23.6 Å². The Morgan fingerprint density at radius 1 is 1.09 bits per heavy atom. The van der Waals surface area contributed by atoms with Crippen molar-refractivity contribution in [2.75, 3.05) is 17.2 Å². The van der Waals surface area contributed by atoms with Gasteiger partial charge in [0.25, 0.3) is 5.91 Å². The molecule has 0 aromatic heterocycles. The average molecular weight is 332 g/mol. The molecule has 0 aliphatic rings. The lowest BCUT2D eigenvalue weighted by atomic mass is 10.1. The number of carbonyl (C=O) groups excluding carboxylic acids is 2. The zero-order chi connectivity index (χ0) is 16.8. The molecule has 4 N–H and O–H groups in total. The van der Waals surface area contributed by atoms with Crippen LogP contribution < -0.4 is 16.4 Å². The fourth-order valence-electron chi connectivity index (χ4n) is 2.04. The summed E-state index contributed by atoms with van der Waals surface area (Å²) in [6.45, 7) is 2.17. The van der Waals surface area contributed by atoms with Crippen LogP contribution >= 0.6 is 11.6 Å². The van der Waals surface area contributed by atoms with Crippen LogP contribution in [0.25, 0.3) is 0 Å². The van der Waals surface area contributed by atoms with Crippen LogP contribution in [0.2, 0.25) is 5.02 Å². The number of carbonyl (C=O) groups is 2. The summed E-state index contributed by atoms with van der Waals surface area (Å²) in [6, 6.07) is 12.0. The average Bonchev–Trinajstić information content (AvgIpc) is 2.50. The summed E-state index contributed by atoms with van der Waals surface area (Å²) < 4.78 is 0. The van der Waals surface area contributed by atoms with Crippen molar-refractivity contribution in [2.45, 2.75) is 13.3 Å². The zero-order valence-corrected chi connectivity index (χ0v) is 13.5. The standard InChI is InChI=1S/C17H18ClN3O2/c1-11-5-6-14(15(9-11)20-16(22)7-8-19)21-17(23)12-3-2-4-13(18)10-12/h2-6,9-10H,7-8,19H2,1H3,(H,20,22)(H,21,23). The molecule has 0 saturated carbocycles. The smallest absolute Gasteiger partial charge is 0.255 e. The molecule has 0 saturated heterocycles. The lowest BCUT2D eigenvalue weighted by Crippen LogP contribution is -2.19. The largest absolute Gasteiger partial charge is 0.330 e. The molecule has 2 amide bonds. The summed E-state index contributed by atoms with van der Waals surface area (Å²) in [6.07, 6.45) is 0.218. The summed E-state index contributed by atoms with van der Waals surface area (Å²) in [7, 11) is 0. The van der Waals surface area contributed by atoms with E-state index >= 15 is 0 Å². The number of benzene rings is 2. The van der Waals surface area contributed by atoms with E-state index in [-0.39, 0.29) is 24.8 Å². The second-order valence-electron chi connectivity index (χ2n) is 5.10. The first-order valence-corrected chi connectivity index (χ1v) is 7.55. The Kier molecular flexibility index (Phi) is 5.73. The number of anilines is 2. The number of hydrogen-bond acceptors (Lipinski definition) is 3. The van der Waals surface area contributed by atoms with Gasteiger partial charge in [0.05, 0.1) is 11.4 Å². The molecule has 120 valence electrons. The minimum Gasteiger partial charge on any atom is -0.330 e. The van der Waals surface area contributed by atoms with Crippen LogP contribution in [0.5, 0.6) is 0 Å². The Morgan fingerprint density at radius 2 is 1.87 bits per heavy atom. The van der Waals surface area contributed by atoms with Gasteiger partial charge in [-0.25, -0.2) is 0 Å². The van der Waals surface area contributed by atoms with Crippen LogP contribution in [0.3, 0.4) is 0 Å². The molecule has 0 spiro atoms. The van der Waals surface area contributed by atoms with Gasteiger partial charge in [0.15, 0.2) is 0 Å². The van der Waals surface area contributed by atoms with Gasteiger partial charge in [-0.15, -0.1) is 0 Å². The Balaban J connectivity index is 2.22. The van der Waals surface area contributed by atoms with E-state index in [0.29, 0.717) is 22.0 Å².